The lowest BCUT2D eigenvalue weighted by atomic mass is 10.2. The van der Waals surface area contributed by atoms with Crippen molar-refractivity contribution in [2.24, 2.45) is 0 Å². The van der Waals surface area contributed by atoms with Gasteiger partial charge in [-0.1, -0.05) is 30.3 Å². The molecule has 0 amide bonds. The molecule has 2 aromatic heterocycles. The number of aromatic nitrogens is 3. The Balaban J connectivity index is 1.78. The standard InChI is InChI=1S/C20H15IN4/c21-16-8-9-18-17(11-16)20(23-12-14-5-2-1-3-6-14)25-19(24-18)15-7-4-10-22-13-15/h1-11,13H,12H2,(H,23,24,25). The number of benzene rings is 2. The second kappa shape index (κ2) is 7.14. The molecule has 0 aliphatic rings. The summed E-state index contributed by atoms with van der Waals surface area (Å²) in [6, 6.07) is 20.4. The first-order valence-corrected chi connectivity index (χ1v) is 9.03. The summed E-state index contributed by atoms with van der Waals surface area (Å²) in [7, 11) is 0. The summed E-state index contributed by atoms with van der Waals surface area (Å²) in [6.45, 7) is 0.713. The third-order valence-electron chi connectivity index (χ3n) is 3.88. The highest BCUT2D eigenvalue weighted by Gasteiger charge is 2.10. The van der Waals surface area contributed by atoms with Gasteiger partial charge >= 0.3 is 0 Å². The summed E-state index contributed by atoms with van der Waals surface area (Å²) in [5, 5.41) is 4.49. The summed E-state index contributed by atoms with van der Waals surface area (Å²) >= 11 is 2.31. The third-order valence-corrected chi connectivity index (χ3v) is 4.55. The number of fused-ring (bicyclic) bond motifs is 1. The molecule has 1 N–H and O–H groups in total. The zero-order valence-corrected chi connectivity index (χ0v) is 15.5. The fourth-order valence-electron chi connectivity index (χ4n) is 2.64. The summed E-state index contributed by atoms with van der Waals surface area (Å²) in [6.07, 6.45) is 3.54. The fraction of sp³-hybridized carbons (Fsp3) is 0.0500. The molecule has 0 spiro atoms. The molecule has 0 atom stereocenters. The van der Waals surface area contributed by atoms with Crippen molar-refractivity contribution in [3.8, 4) is 11.4 Å². The smallest absolute Gasteiger partial charge is 0.163 e. The highest BCUT2D eigenvalue weighted by atomic mass is 127. The molecule has 4 rings (SSSR count). The van der Waals surface area contributed by atoms with Crippen LogP contribution in [0.15, 0.2) is 73.1 Å². The van der Waals surface area contributed by atoms with E-state index in [1.165, 1.54) is 5.56 Å². The number of pyridine rings is 1. The van der Waals surface area contributed by atoms with Gasteiger partial charge in [0.1, 0.15) is 5.82 Å². The van der Waals surface area contributed by atoms with Gasteiger partial charge in [0, 0.05) is 33.5 Å². The van der Waals surface area contributed by atoms with Crippen molar-refractivity contribution in [2.45, 2.75) is 6.54 Å². The van der Waals surface area contributed by atoms with E-state index in [0.717, 1.165) is 25.9 Å². The van der Waals surface area contributed by atoms with Crippen LogP contribution in [0.25, 0.3) is 22.3 Å². The lowest BCUT2D eigenvalue weighted by Gasteiger charge is -2.11. The molecule has 0 saturated carbocycles. The van der Waals surface area contributed by atoms with E-state index in [1.54, 1.807) is 12.4 Å². The molecule has 0 fully saturated rings. The molecule has 5 heteroatoms. The van der Waals surface area contributed by atoms with Crippen molar-refractivity contribution in [1.29, 1.82) is 0 Å². The molecule has 0 bridgehead atoms. The second-order valence-electron chi connectivity index (χ2n) is 5.64. The Bertz CT molecular complexity index is 1000. The Morgan fingerprint density at radius 1 is 0.920 bits per heavy atom. The normalized spacial score (nSPS) is 10.8. The first-order valence-electron chi connectivity index (χ1n) is 7.95. The molecule has 122 valence electrons. The van der Waals surface area contributed by atoms with Crippen molar-refractivity contribution in [3.05, 3.63) is 82.2 Å². The van der Waals surface area contributed by atoms with Gasteiger partial charge in [-0.05, 0) is 58.5 Å². The molecule has 2 aromatic carbocycles. The SMILES string of the molecule is Ic1ccc2nc(-c3cccnc3)nc(NCc3ccccc3)c2c1. The maximum atomic E-state index is 4.76. The molecule has 2 heterocycles. The Kier molecular flexibility index (Phi) is 4.56. The average Bonchev–Trinajstić information content (AvgIpc) is 2.67. The Labute approximate surface area is 159 Å². The molecular weight excluding hydrogens is 423 g/mol. The van der Waals surface area contributed by atoms with Crippen molar-refractivity contribution in [3.63, 3.8) is 0 Å². The highest BCUT2D eigenvalue weighted by Crippen LogP contribution is 2.26. The van der Waals surface area contributed by atoms with E-state index in [1.807, 2.05) is 36.4 Å². The van der Waals surface area contributed by atoms with E-state index >= 15 is 0 Å². The number of halogens is 1. The van der Waals surface area contributed by atoms with Crippen molar-refractivity contribution in [2.75, 3.05) is 5.32 Å². The van der Waals surface area contributed by atoms with Crippen LogP contribution in [0.1, 0.15) is 5.56 Å². The number of hydrogen-bond donors (Lipinski definition) is 1. The van der Waals surface area contributed by atoms with Crippen molar-refractivity contribution < 1.29 is 0 Å². The Morgan fingerprint density at radius 2 is 1.80 bits per heavy atom. The maximum absolute atomic E-state index is 4.76. The van der Waals surface area contributed by atoms with E-state index in [-0.39, 0.29) is 0 Å². The summed E-state index contributed by atoms with van der Waals surface area (Å²) in [5.74, 6) is 1.52. The van der Waals surface area contributed by atoms with Crippen LogP contribution in [-0.2, 0) is 6.54 Å². The minimum atomic E-state index is 0.678. The first-order chi connectivity index (χ1) is 12.3. The van der Waals surface area contributed by atoms with Gasteiger partial charge in [0.25, 0.3) is 0 Å². The van der Waals surface area contributed by atoms with Crippen LogP contribution in [0.2, 0.25) is 0 Å². The zero-order valence-electron chi connectivity index (χ0n) is 13.4. The molecule has 4 aromatic rings. The predicted molar refractivity (Wildman–Crippen MR) is 109 cm³/mol. The highest BCUT2D eigenvalue weighted by molar-refractivity contribution is 14.1. The van der Waals surface area contributed by atoms with Crippen LogP contribution in [-0.4, -0.2) is 15.0 Å². The predicted octanol–water partition coefficient (Wildman–Crippen LogP) is 4.91. The minimum absolute atomic E-state index is 0.678. The molecule has 0 aliphatic carbocycles. The molecule has 0 unspecified atom stereocenters. The number of anilines is 1. The number of hydrogen-bond acceptors (Lipinski definition) is 4. The average molecular weight is 438 g/mol. The fourth-order valence-corrected chi connectivity index (χ4v) is 3.13. The van der Waals surface area contributed by atoms with E-state index in [9.17, 15) is 0 Å². The van der Waals surface area contributed by atoms with Gasteiger partial charge < -0.3 is 5.32 Å². The Hall–Kier alpha value is -2.54. The van der Waals surface area contributed by atoms with E-state index in [2.05, 4.69) is 57.2 Å². The van der Waals surface area contributed by atoms with Gasteiger partial charge in [0.05, 0.1) is 5.52 Å². The van der Waals surface area contributed by atoms with E-state index < -0.39 is 0 Å². The van der Waals surface area contributed by atoms with Crippen molar-refractivity contribution in [1.82, 2.24) is 15.0 Å². The molecular formula is C20H15IN4. The van der Waals surface area contributed by atoms with Crippen LogP contribution < -0.4 is 5.32 Å². The summed E-state index contributed by atoms with van der Waals surface area (Å²) < 4.78 is 1.16. The quantitative estimate of drug-likeness (QED) is 0.461. The topological polar surface area (TPSA) is 50.7 Å². The van der Waals surface area contributed by atoms with Crippen LogP contribution in [0.5, 0.6) is 0 Å². The molecule has 0 radical (unpaired) electrons. The maximum Gasteiger partial charge on any atom is 0.163 e. The largest absolute Gasteiger partial charge is 0.365 e. The lowest BCUT2D eigenvalue weighted by molar-refractivity contribution is 1.10. The summed E-state index contributed by atoms with van der Waals surface area (Å²) in [4.78, 5) is 13.6. The summed E-state index contributed by atoms with van der Waals surface area (Å²) in [5.41, 5.74) is 3.04. The van der Waals surface area contributed by atoms with Crippen LogP contribution in [0.3, 0.4) is 0 Å². The number of rotatable bonds is 4. The van der Waals surface area contributed by atoms with Gasteiger partial charge in [-0.25, -0.2) is 9.97 Å². The Morgan fingerprint density at radius 3 is 2.60 bits per heavy atom. The van der Waals surface area contributed by atoms with Gasteiger partial charge in [-0.3, -0.25) is 4.98 Å². The van der Waals surface area contributed by atoms with Gasteiger partial charge in [-0.2, -0.15) is 0 Å². The zero-order chi connectivity index (χ0) is 17.1. The third kappa shape index (κ3) is 3.61. The number of nitrogens with zero attached hydrogens (tertiary/aromatic N) is 3. The molecule has 0 saturated heterocycles. The van der Waals surface area contributed by atoms with E-state index in [4.69, 9.17) is 9.97 Å². The van der Waals surface area contributed by atoms with Crippen LogP contribution >= 0.6 is 22.6 Å². The second-order valence-corrected chi connectivity index (χ2v) is 6.88. The monoisotopic (exact) mass is 438 g/mol. The van der Waals surface area contributed by atoms with Crippen LogP contribution in [0, 0.1) is 3.57 Å². The molecule has 0 aliphatic heterocycles. The molecule has 25 heavy (non-hydrogen) atoms. The van der Waals surface area contributed by atoms with Gasteiger partial charge in [-0.15, -0.1) is 0 Å². The van der Waals surface area contributed by atoms with E-state index in [0.29, 0.717) is 12.4 Å². The number of nitrogens with one attached hydrogen (secondary N) is 1. The molecule has 4 nitrogen and oxygen atoms in total. The van der Waals surface area contributed by atoms with Crippen molar-refractivity contribution >= 4 is 39.3 Å². The lowest BCUT2D eigenvalue weighted by Crippen LogP contribution is -2.04. The van der Waals surface area contributed by atoms with Gasteiger partial charge in [0.15, 0.2) is 5.82 Å². The van der Waals surface area contributed by atoms with Gasteiger partial charge in [0.2, 0.25) is 0 Å². The van der Waals surface area contributed by atoms with Crippen LogP contribution in [0.4, 0.5) is 5.82 Å². The minimum Gasteiger partial charge on any atom is -0.365 e. The first kappa shape index (κ1) is 16.0.